The van der Waals surface area contributed by atoms with Crippen LogP contribution < -0.4 is 0 Å². The summed E-state index contributed by atoms with van der Waals surface area (Å²) in [4.78, 5) is 28.1. The summed E-state index contributed by atoms with van der Waals surface area (Å²) in [7, 11) is 0. The van der Waals surface area contributed by atoms with Crippen LogP contribution in [0.1, 0.15) is 50.6 Å². The number of aromatic nitrogens is 1. The van der Waals surface area contributed by atoms with Crippen LogP contribution in [0.3, 0.4) is 0 Å². The maximum absolute atomic E-state index is 12.3. The fourth-order valence-corrected chi connectivity index (χ4v) is 2.34. The number of pyridine rings is 1. The number of rotatable bonds is 8. The summed E-state index contributed by atoms with van der Waals surface area (Å²) in [6.45, 7) is 2.05. The van der Waals surface area contributed by atoms with Crippen molar-refractivity contribution >= 4 is 11.8 Å². The van der Waals surface area contributed by atoms with Crippen LogP contribution in [0.25, 0.3) is 0 Å². The van der Waals surface area contributed by atoms with Crippen LogP contribution in [-0.2, 0) is 14.3 Å². The molecule has 1 aliphatic carbocycles. The molecular formula is C16H21NO3. The minimum atomic E-state index is -0.440. The van der Waals surface area contributed by atoms with E-state index in [1.54, 1.807) is 13.1 Å². The third-order valence-corrected chi connectivity index (χ3v) is 3.62. The molecule has 0 saturated heterocycles. The summed E-state index contributed by atoms with van der Waals surface area (Å²) in [5.41, 5.74) is 0.766. The fraction of sp³-hybridized carbons (Fsp3) is 0.562. The first kappa shape index (κ1) is 14.7. The zero-order chi connectivity index (χ0) is 14.4. The van der Waals surface area contributed by atoms with E-state index >= 15 is 0 Å². The summed E-state index contributed by atoms with van der Waals surface area (Å²) in [5.74, 6) is -0.0366. The summed E-state index contributed by atoms with van der Waals surface area (Å²) in [5, 5.41) is 0. The van der Waals surface area contributed by atoms with Gasteiger partial charge in [-0.1, -0.05) is 18.9 Å². The minimum Gasteiger partial charge on any atom is -0.466 e. The van der Waals surface area contributed by atoms with Gasteiger partial charge in [-0.3, -0.25) is 14.6 Å². The van der Waals surface area contributed by atoms with Crippen molar-refractivity contribution in [3.63, 3.8) is 0 Å². The zero-order valence-corrected chi connectivity index (χ0v) is 11.9. The first-order valence-corrected chi connectivity index (χ1v) is 7.30. The van der Waals surface area contributed by atoms with E-state index in [2.05, 4.69) is 4.98 Å². The van der Waals surface area contributed by atoms with Crippen molar-refractivity contribution in [2.24, 2.45) is 5.92 Å². The second-order valence-corrected chi connectivity index (χ2v) is 5.28. The lowest BCUT2D eigenvalue weighted by atomic mass is 9.91. The summed E-state index contributed by atoms with van der Waals surface area (Å²) >= 11 is 0. The second-order valence-electron chi connectivity index (χ2n) is 5.28. The first-order chi connectivity index (χ1) is 9.70. The number of nitrogens with zero attached hydrogens (tertiary/aromatic N) is 1. The number of hydrogen-bond donors (Lipinski definition) is 0. The Balaban J connectivity index is 2.00. The van der Waals surface area contributed by atoms with Crippen molar-refractivity contribution in [3.05, 3.63) is 30.1 Å². The quantitative estimate of drug-likeness (QED) is 0.540. The molecule has 1 heterocycles. The van der Waals surface area contributed by atoms with Gasteiger partial charge in [-0.15, -0.1) is 0 Å². The maximum Gasteiger partial charge on any atom is 0.313 e. The van der Waals surface area contributed by atoms with Crippen LogP contribution in [0.15, 0.2) is 24.4 Å². The lowest BCUT2D eigenvalue weighted by Crippen LogP contribution is -2.19. The van der Waals surface area contributed by atoms with Gasteiger partial charge in [0.25, 0.3) is 0 Å². The summed E-state index contributed by atoms with van der Waals surface area (Å²) < 4.78 is 4.86. The number of hydrogen-bond acceptors (Lipinski definition) is 4. The number of carbonyl (C=O) groups is 2. The molecule has 0 spiro atoms. The van der Waals surface area contributed by atoms with E-state index in [1.807, 2.05) is 18.2 Å². The topological polar surface area (TPSA) is 56.3 Å². The zero-order valence-electron chi connectivity index (χ0n) is 11.9. The molecule has 0 bridgehead atoms. The molecule has 1 saturated carbocycles. The van der Waals surface area contributed by atoms with Gasteiger partial charge in [0.05, 0.1) is 18.2 Å². The molecule has 0 aliphatic heterocycles. The Morgan fingerprint density at radius 2 is 2.20 bits per heavy atom. The molecule has 0 aromatic carbocycles. The Kier molecular flexibility index (Phi) is 5.27. The average molecular weight is 275 g/mol. The first-order valence-electron chi connectivity index (χ1n) is 7.30. The smallest absolute Gasteiger partial charge is 0.313 e. The van der Waals surface area contributed by atoms with E-state index < -0.39 is 5.97 Å². The summed E-state index contributed by atoms with van der Waals surface area (Å²) in [6.07, 6.45) is 5.88. The lowest BCUT2D eigenvalue weighted by molar-refractivity contribution is -0.145. The Bertz CT molecular complexity index is 454. The van der Waals surface area contributed by atoms with Gasteiger partial charge < -0.3 is 4.74 Å². The van der Waals surface area contributed by atoms with E-state index in [0.29, 0.717) is 6.61 Å². The van der Waals surface area contributed by atoms with Crippen molar-refractivity contribution in [2.75, 3.05) is 6.61 Å². The van der Waals surface area contributed by atoms with Crippen LogP contribution in [0.5, 0.6) is 0 Å². The summed E-state index contributed by atoms with van der Waals surface area (Å²) in [6, 6.07) is 5.57. The van der Waals surface area contributed by atoms with Gasteiger partial charge in [0, 0.05) is 6.20 Å². The predicted octanol–water partition coefficient (Wildman–Crippen LogP) is 2.88. The molecule has 0 N–H and O–H groups in total. The molecule has 0 radical (unpaired) electrons. The van der Waals surface area contributed by atoms with E-state index in [0.717, 1.165) is 24.5 Å². The van der Waals surface area contributed by atoms with Crippen LogP contribution in [0.4, 0.5) is 0 Å². The number of esters is 1. The molecular weight excluding hydrogens is 254 g/mol. The second kappa shape index (κ2) is 7.17. The number of ketones is 1. The van der Waals surface area contributed by atoms with Crippen molar-refractivity contribution in [3.8, 4) is 0 Å². The minimum absolute atomic E-state index is 0.0807. The molecule has 1 atom stereocenters. The molecule has 1 aromatic rings. The van der Waals surface area contributed by atoms with Crippen LogP contribution in [-0.4, -0.2) is 23.3 Å². The van der Waals surface area contributed by atoms with Gasteiger partial charge >= 0.3 is 5.97 Å². The standard InChI is InChI=1S/C16H21NO3/c1-2-20-16(19)11-15(18)13(9-8-12-6-7-12)14-5-3-4-10-17-14/h3-5,10,12-13H,2,6-9,11H2,1H3. The third-order valence-electron chi connectivity index (χ3n) is 3.62. The molecule has 0 amide bonds. The van der Waals surface area contributed by atoms with Gasteiger partial charge in [-0.2, -0.15) is 0 Å². The number of carbonyl (C=O) groups excluding carboxylic acids is 2. The van der Waals surface area contributed by atoms with Crippen molar-refractivity contribution in [1.82, 2.24) is 4.98 Å². The molecule has 1 aromatic heterocycles. The van der Waals surface area contributed by atoms with Gasteiger partial charge in [0.2, 0.25) is 0 Å². The Hall–Kier alpha value is -1.71. The number of ether oxygens (including phenoxy) is 1. The van der Waals surface area contributed by atoms with Gasteiger partial charge in [0.15, 0.2) is 5.78 Å². The molecule has 108 valence electrons. The number of Topliss-reactive ketones (excluding diaryl/α,β-unsaturated/α-hetero) is 1. The normalized spacial score (nSPS) is 15.7. The highest BCUT2D eigenvalue weighted by atomic mass is 16.5. The van der Waals surface area contributed by atoms with Gasteiger partial charge in [0.1, 0.15) is 6.42 Å². The van der Waals surface area contributed by atoms with Crippen LogP contribution in [0.2, 0.25) is 0 Å². The Morgan fingerprint density at radius 3 is 2.80 bits per heavy atom. The highest BCUT2D eigenvalue weighted by Gasteiger charge is 2.28. The molecule has 1 aliphatic rings. The molecule has 2 rings (SSSR count). The van der Waals surface area contributed by atoms with E-state index in [1.165, 1.54) is 12.8 Å². The van der Waals surface area contributed by atoms with E-state index in [-0.39, 0.29) is 18.1 Å². The van der Waals surface area contributed by atoms with Crippen LogP contribution >= 0.6 is 0 Å². The highest BCUT2D eigenvalue weighted by Crippen LogP contribution is 2.36. The molecule has 1 unspecified atom stereocenters. The Morgan fingerprint density at radius 1 is 1.40 bits per heavy atom. The molecule has 4 nitrogen and oxygen atoms in total. The monoisotopic (exact) mass is 275 g/mol. The molecule has 20 heavy (non-hydrogen) atoms. The lowest BCUT2D eigenvalue weighted by Gasteiger charge is -2.14. The van der Waals surface area contributed by atoms with Gasteiger partial charge in [-0.25, -0.2) is 0 Å². The molecule has 1 fully saturated rings. The molecule has 4 heteroatoms. The maximum atomic E-state index is 12.3. The Labute approximate surface area is 119 Å². The SMILES string of the molecule is CCOC(=O)CC(=O)C(CCC1CC1)c1ccccn1. The predicted molar refractivity (Wildman–Crippen MR) is 75.2 cm³/mol. The van der Waals surface area contributed by atoms with E-state index in [4.69, 9.17) is 4.74 Å². The highest BCUT2D eigenvalue weighted by molar-refractivity contribution is 5.98. The third kappa shape index (κ3) is 4.44. The van der Waals surface area contributed by atoms with E-state index in [9.17, 15) is 9.59 Å². The van der Waals surface area contributed by atoms with Crippen molar-refractivity contribution in [2.45, 2.75) is 44.9 Å². The average Bonchev–Trinajstić information content (AvgIpc) is 3.24. The van der Waals surface area contributed by atoms with Crippen LogP contribution in [0, 0.1) is 5.92 Å². The van der Waals surface area contributed by atoms with Crippen molar-refractivity contribution < 1.29 is 14.3 Å². The van der Waals surface area contributed by atoms with Crippen molar-refractivity contribution in [1.29, 1.82) is 0 Å². The fourth-order valence-electron chi connectivity index (χ4n) is 2.34. The largest absolute Gasteiger partial charge is 0.466 e. The van der Waals surface area contributed by atoms with Gasteiger partial charge in [-0.05, 0) is 37.8 Å².